The highest BCUT2D eigenvalue weighted by atomic mass is 16.5. The normalized spacial score (nSPS) is 17.6. The van der Waals surface area contributed by atoms with Gasteiger partial charge in [0.05, 0.1) is 11.7 Å². The molecule has 1 aliphatic heterocycles. The Morgan fingerprint density at radius 3 is 2.60 bits per heavy atom. The number of hydrogen-bond acceptors (Lipinski definition) is 6. The predicted octanol–water partition coefficient (Wildman–Crippen LogP) is 2.25. The minimum Gasteiger partial charge on any atom is -0.482 e. The zero-order chi connectivity index (χ0) is 17.7. The van der Waals surface area contributed by atoms with E-state index in [-0.39, 0.29) is 18.1 Å². The minimum atomic E-state index is -1.27. The Bertz CT molecular complexity index is 761. The molecule has 6 heteroatoms. The van der Waals surface area contributed by atoms with E-state index in [1.807, 2.05) is 30.3 Å². The molecule has 1 saturated heterocycles. The van der Waals surface area contributed by atoms with Gasteiger partial charge in [-0.3, -0.25) is 4.79 Å². The lowest BCUT2D eigenvalue weighted by atomic mass is 9.75. The fourth-order valence-electron chi connectivity index (χ4n) is 2.95. The Balaban J connectivity index is 1.89. The second-order valence-corrected chi connectivity index (χ2v) is 6.12. The zero-order valence-electron chi connectivity index (χ0n) is 13.7. The van der Waals surface area contributed by atoms with E-state index in [1.54, 1.807) is 0 Å². The summed E-state index contributed by atoms with van der Waals surface area (Å²) in [5, 5.41) is 10.8. The number of rotatable bonds is 6. The number of aldehydes is 1. The molecule has 3 rings (SSSR count). The summed E-state index contributed by atoms with van der Waals surface area (Å²) < 4.78 is 16.3. The van der Waals surface area contributed by atoms with Gasteiger partial charge < -0.3 is 23.8 Å². The molecule has 6 nitrogen and oxygen atoms in total. The molecule has 1 aromatic heterocycles. The largest absolute Gasteiger partial charge is 0.482 e. The summed E-state index contributed by atoms with van der Waals surface area (Å²) in [5.74, 6) is -0.0796. The standard InChI is InChI=1S/C19H20O6/c20-13-19(7-10-23-11-8-19)18(22)17-16(15(21)6-9-24-17)25-12-14-4-2-1-3-5-14/h1-6,9,13,18,22H,7-8,10-12H2. The molecule has 1 aliphatic rings. The summed E-state index contributed by atoms with van der Waals surface area (Å²) >= 11 is 0. The zero-order valence-corrected chi connectivity index (χ0v) is 13.7. The third kappa shape index (κ3) is 3.65. The number of aliphatic hydroxyl groups is 1. The van der Waals surface area contributed by atoms with Gasteiger partial charge in [0.15, 0.2) is 5.76 Å². The van der Waals surface area contributed by atoms with Gasteiger partial charge in [0.1, 0.15) is 19.0 Å². The van der Waals surface area contributed by atoms with E-state index >= 15 is 0 Å². The highest BCUT2D eigenvalue weighted by molar-refractivity contribution is 5.61. The van der Waals surface area contributed by atoms with Crippen molar-refractivity contribution >= 4 is 6.29 Å². The summed E-state index contributed by atoms with van der Waals surface area (Å²) in [5.41, 5.74) is -0.563. The molecule has 25 heavy (non-hydrogen) atoms. The molecule has 2 aromatic rings. The molecule has 0 amide bonds. The number of aliphatic hydroxyl groups excluding tert-OH is 1. The van der Waals surface area contributed by atoms with Crippen LogP contribution in [-0.2, 0) is 16.1 Å². The van der Waals surface area contributed by atoms with Crippen LogP contribution in [0.1, 0.15) is 30.3 Å². The molecular formula is C19H20O6. The van der Waals surface area contributed by atoms with Crippen LogP contribution in [0.2, 0.25) is 0 Å². The number of carbonyl (C=O) groups is 1. The molecule has 0 radical (unpaired) electrons. The molecule has 1 aromatic carbocycles. The fraction of sp³-hybridized carbons (Fsp3) is 0.368. The second-order valence-electron chi connectivity index (χ2n) is 6.12. The first-order valence-electron chi connectivity index (χ1n) is 8.17. The van der Waals surface area contributed by atoms with Crippen LogP contribution >= 0.6 is 0 Å². The first kappa shape index (κ1) is 17.4. The summed E-state index contributed by atoms with van der Waals surface area (Å²) in [7, 11) is 0. The van der Waals surface area contributed by atoms with Gasteiger partial charge in [-0.05, 0) is 18.4 Å². The highest BCUT2D eigenvalue weighted by Gasteiger charge is 2.43. The van der Waals surface area contributed by atoms with Gasteiger partial charge >= 0.3 is 0 Å². The first-order chi connectivity index (χ1) is 12.2. The monoisotopic (exact) mass is 344 g/mol. The van der Waals surface area contributed by atoms with E-state index in [2.05, 4.69) is 0 Å². The summed E-state index contributed by atoms with van der Waals surface area (Å²) in [6.45, 7) is 0.896. The van der Waals surface area contributed by atoms with Crippen molar-refractivity contribution in [2.45, 2.75) is 25.6 Å². The lowest BCUT2D eigenvalue weighted by Gasteiger charge is -2.35. The van der Waals surface area contributed by atoms with E-state index in [4.69, 9.17) is 13.9 Å². The smallest absolute Gasteiger partial charge is 0.227 e. The highest BCUT2D eigenvalue weighted by Crippen LogP contribution is 2.42. The maximum absolute atomic E-state index is 12.2. The summed E-state index contributed by atoms with van der Waals surface area (Å²) in [6, 6.07) is 10.6. The maximum Gasteiger partial charge on any atom is 0.227 e. The van der Waals surface area contributed by atoms with Crippen LogP contribution in [-0.4, -0.2) is 24.6 Å². The van der Waals surface area contributed by atoms with Crippen LogP contribution in [0.25, 0.3) is 0 Å². The quantitative estimate of drug-likeness (QED) is 0.809. The Kier molecular flexibility index (Phi) is 5.31. The molecule has 1 unspecified atom stereocenters. The van der Waals surface area contributed by atoms with Gasteiger partial charge in [0, 0.05) is 19.3 Å². The van der Waals surface area contributed by atoms with E-state index < -0.39 is 16.9 Å². The molecule has 0 bridgehead atoms. The van der Waals surface area contributed by atoms with Gasteiger partial charge in [-0.1, -0.05) is 30.3 Å². The summed E-state index contributed by atoms with van der Waals surface area (Å²) in [6.07, 6.45) is 1.37. The third-order valence-electron chi connectivity index (χ3n) is 4.54. The molecule has 2 heterocycles. The van der Waals surface area contributed by atoms with Crippen LogP contribution in [0.3, 0.4) is 0 Å². The lowest BCUT2D eigenvalue weighted by molar-refractivity contribution is -0.134. The van der Waals surface area contributed by atoms with Crippen LogP contribution in [0.15, 0.2) is 51.9 Å². The number of benzene rings is 1. The first-order valence-corrected chi connectivity index (χ1v) is 8.17. The van der Waals surface area contributed by atoms with Crippen molar-refractivity contribution < 1.29 is 23.8 Å². The number of hydrogen-bond donors (Lipinski definition) is 1. The van der Waals surface area contributed by atoms with E-state index in [0.29, 0.717) is 26.1 Å². The van der Waals surface area contributed by atoms with Crippen molar-refractivity contribution in [3.63, 3.8) is 0 Å². The van der Waals surface area contributed by atoms with Crippen molar-refractivity contribution in [3.8, 4) is 5.75 Å². The van der Waals surface area contributed by atoms with Gasteiger partial charge in [0.2, 0.25) is 11.2 Å². The molecule has 1 atom stereocenters. The Labute approximate surface area is 145 Å². The van der Waals surface area contributed by atoms with Crippen molar-refractivity contribution in [1.29, 1.82) is 0 Å². The van der Waals surface area contributed by atoms with E-state index in [1.165, 1.54) is 12.3 Å². The van der Waals surface area contributed by atoms with Crippen molar-refractivity contribution in [2.24, 2.45) is 5.41 Å². The molecule has 0 spiro atoms. The minimum absolute atomic E-state index is 0.0163. The maximum atomic E-state index is 12.2. The molecule has 1 fully saturated rings. The molecule has 1 N–H and O–H groups in total. The van der Waals surface area contributed by atoms with Crippen LogP contribution < -0.4 is 10.2 Å². The second kappa shape index (κ2) is 7.63. The topological polar surface area (TPSA) is 86.0 Å². The molecule has 0 saturated carbocycles. The van der Waals surface area contributed by atoms with Gasteiger partial charge in [0.25, 0.3) is 0 Å². The van der Waals surface area contributed by atoms with Gasteiger partial charge in [-0.25, -0.2) is 0 Å². The third-order valence-corrected chi connectivity index (χ3v) is 4.54. The average Bonchev–Trinajstić information content (AvgIpc) is 2.67. The van der Waals surface area contributed by atoms with Crippen LogP contribution in [0.4, 0.5) is 0 Å². The van der Waals surface area contributed by atoms with Gasteiger partial charge in [-0.15, -0.1) is 0 Å². The Hall–Kier alpha value is -2.44. The van der Waals surface area contributed by atoms with Crippen molar-refractivity contribution in [1.82, 2.24) is 0 Å². The predicted molar refractivity (Wildman–Crippen MR) is 89.3 cm³/mol. The number of ether oxygens (including phenoxy) is 2. The van der Waals surface area contributed by atoms with E-state index in [0.717, 1.165) is 11.8 Å². The lowest BCUT2D eigenvalue weighted by Crippen LogP contribution is -2.37. The molecule has 132 valence electrons. The SMILES string of the molecule is O=CC1(C(O)c2occc(=O)c2OCc2ccccc2)CCOCC1. The summed E-state index contributed by atoms with van der Waals surface area (Å²) in [4.78, 5) is 23.9. The van der Waals surface area contributed by atoms with E-state index in [9.17, 15) is 14.7 Å². The van der Waals surface area contributed by atoms with Crippen LogP contribution in [0.5, 0.6) is 5.75 Å². The Morgan fingerprint density at radius 2 is 1.92 bits per heavy atom. The fourth-order valence-corrected chi connectivity index (χ4v) is 2.95. The molecule has 0 aliphatic carbocycles. The molecular weight excluding hydrogens is 324 g/mol. The number of carbonyl (C=O) groups excluding carboxylic acids is 1. The van der Waals surface area contributed by atoms with Gasteiger partial charge in [-0.2, -0.15) is 0 Å². The van der Waals surface area contributed by atoms with Crippen molar-refractivity contribution in [2.75, 3.05) is 13.2 Å². The van der Waals surface area contributed by atoms with Crippen molar-refractivity contribution in [3.05, 3.63) is 64.2 Å². The Morgan fingerprint density at radius 1 is 1.20 bits per heavy atom. The van der Waals surface area contributed by atoms with Crippen LogP contribution in [0, 0.1) is 5.41 Å². The average molecular weight is 344 g/mol.